The molecule has 0 spiro atoms. The zero-order valence-corrected chi connectivity index (χ0v) is 23.9. The number of nitrogens with zero attached hydrogens (tertiary/aromatic N) is 1. The van der Waals surface area contributed by atoms with Gasteiger partial charge in [-0.1, -0.05) is 42.0 Å². The van der Waals surface area contributed by atoms with E-state index in [-0.39, 0.29) is 40.0 Å². The third kappa shape index (κ3) is 4.17. The highest BCUT2D eigenvalue weighted by Crippen LogP contribution is 2.55. The first kappa shape index (κ1) is 26.3. The Morgan fingerprint density at radius 3 is 2.31 bits per heavy atom. The first-order valence-corrected chi connectivity index (χ1v) is 14.6. The predicted molar refractivity (Wildman–Crippen MR) is 161 cm³/mol. The van der Waals surface area contributed by atoms with E-state index in [4.69, 9.17) is 0 Å². The van der Waals surface area contributed by atoms with Crippen molar-refractivity contribution in [2.75, 3.05) is 10.2 Å². The number of benzene rings is 3. The fourth-order valence-corrected chi connectivity index (χ4v) is 7.37. The van der Waals surface area contributed by atoms with Crippen molar-refractivity contribution in [1.29, 1.82) is 0 Å². The van der Waals surface area contributed by atoms with Gasteiger partial charge in [0.2, 0.25) is 11.8 Å². The largest absolute Gasteiger partial charge is 0.508 e. The van der Waals surface area contributed by atoms with Gasteiger partial charge in [0.1, 0.15) is 5.75 Å². The zero-order valence-electron chi connectivity index (χ0n) is 22.3. The number of allylic oxidation sites excluding steroid dienone is 6. The third-order valence-corrected chi connectivity index (χ3v) is 9.31. The van der Waals surface area contributed by atoms with E-state index in [1.807, 2.05) is 54.6 Å². The van der Waals surface area contributed by atoms with Crippen LogP contribution in [-0.2, 0) is 19.2 Å². The molecule has 7 nitrogen and oxygen atoms in total. The molecule has 1 fully saturated rings. The van der Waals surface area contributed by atoms with Gasteiger partial charge in [0.05, 0.1) is 22.0 Å². The summed E-state index contributed by atoms with van der Waals surface area (Å²) in [4.78, 5) is 55.7. The Labute approximate surface area is 250 Å². The van der Waals surface area contributed by atoms with Crippen LogP contribution >= 0.6 is 15.9 Å². The minimum absolute atomic E-state index is 0.0425. The number of halogens is 1. The van der Waals surface area contributed by atoms with Crippen molar-refractivity contribution < 1.29 is 24.3 Å². The molecule has 7 rings (SSSR count). The fourth-order valence-electron chi connectivity index (χ4n) is 6.93. The number of aromatic hydroxyl groups is 1. The van der Waals surface area contributed by atoms with Crippen LogP contribution in [-0.4, -0.2) is 28.5 Å². The monoisotopic (exact) mass is 620 g/mol. The van der Waals surface area contributed by atoms with Crippen LogP contribution in [0.1, 0.15) is 24.3 Å². The number of para-hydroxylation sites is 1. The van der Waals surface area contributed by atoms with Crippen molar-refractivity contribution in [2.24, 2.45) is 17.8 Å². The van der Waals surface area contributed by atoms with Gasteiger partial charge < -0.3 is 10.4 Å². The summed E-state index contributed by atoms with van der Waals surface area (Å²) in [7, 11) is 0. The first-order valence-electron chi connectivity index (χ1n) is 13.8. The molecule has 4 aliphatic rings. The van der Waals surface area contributed by atoms with E-state index in [0.29, 0.717) is 28.8 Å². The van der Waals surface area contributed by atoms with Gasteiger partial charge >= 0.3 is 0 Å². The number of carbonyl (C=O) groups excluding carboxylic acids is 4. The van der Waals surface area contributed by atoms with Gasteiger partial charge in [-0.2, -0.15) is 0 Å². The molecule has 42 heavy (non-hydrogen) atoms. The number of imide groups is 1. The van der Waals surface area contributed by atoms with Crippen LogP contribution in [0.4, 0.5) is 17.1 Å². The molecular weight excluding hydrogens is 596 g/mol. The van der Waals surface area contributed by atoms with Gasteiger partial charge in [0.25, 0.3) is 0 Å². The Hall–Kier alpha value is -4.56. The average molecular weight is 621 g/mol. The number of anilines is 3. The van der Waals surface area contributed by atoms with E-state index in [1.54, 1.807) is 30.3 Å². The molecule has 0 saturated carbocycles. The van der Waals surface area contributed by atoms with Crippen molar-refractivity contribution in [3.05, 3.63) is 118 Å². The van der Waals surface area contributed by atoms with Gasteiger partial charge in [-0.05, 0) is 88.8 Å². The molecule has 2 N–H and O–H groups in total. The van der Waals surface area contributed by atoms with Crippen molar-refractivity contribution in [3.63, 3.8) is 0 Å². The summed E-state index contributed by atoms with van der Waals surface area (Å²) in [6, 6.07) is 23.5. The quantitative estimate of drug-likeness (QED) is 0.207. The van der Waals surface area contributed by atoms with Crippen molar-refractivity contribution in [3.8, 4) is 5.75 Å². The van der Waals surface area contributed by atoms with E-state index in [1.165, 1.54) is 11.0 Å². The number of ketones is 2. The number of Topliss-reactive ketones (excluding diaryl/α,β-unsaturated/α-hetero) is 1. The van der Waals surface area contributed by atoms with E-state index < -0.39 is 23.7 Å². The van der Waals surface area contributed by atoms with Crippen molar-refractivity contribution in [1.82, 2.24) is 0 Å². The summed E-state index contributed by atoms with van der Waals surface area (Å²) < 4.78 is 0.181. The predicted octanol–water partition coefficient (Wildman–Crippen LogP) is 6.10. The SMILES string of the molecule is O=C1C=C(Br)C(=O)C2=C1C(c1cccc(O)c1)C1=CCC3C(=O)N(c4ccc(Nc5ccccc5)cc4)C(=O)C3C1C2. The lowest BCUT2D eigenvalue weighted by Crippen LogP contribution is -2.39. The lowest BCUT2D eigenvalue weighted by atomic mass is 9.59. The highest BCUT2D eigenvalue weighted by atomic mass is 79.9. The molecule has 1 aliphatic heterocycles. The highest BCUT2D eigenvalue weighted by Gasteiger charge is 2.56. The highest BCUT2D eigenvalue weighted by molar-refractivity contribution is 9.12. The minimum Gasteiger partial charge on any atom is -0.508 e. The van der Waals surface area contributed by atoms with Crippen molar-refractivity contribution >= 4 is 56.4 Å². The van der Waals surface area contributed by atoms with E-state index in [0.717, 1.165) is 16.9 Å². The number of fused-ring (bicyclic) bond motifs is 3. The minimum atomic E-state index is -0.666. The number of nitrogens with one attached hydrogen (secondary N) is 1. The second kappa shape index (κ2) is 10.1. The second-order valence-electron chi connectivity index (χ2n) is 11.0. The van der Waals surface area contributed by atoms with Gasteiger partial charge in [-0.15, -0.1) is 0 Å². The molecule has 1 saturated heterocycles. The molecule has 4 unspecified atom stereocenters. The molecule has 3 aliphatic carbocycles. The number of carbonyl (C=O) groups is 4. The second-order valence-corrected chi connectivity index (χ2v) is 11.9. The molecule has 3 aromatic rings. The van der Waals surface area contributed by atoms with Crippen LogP contribution in [0.3, 0.4) is 0 Å². The Bertz CT molecular complexity index is 1770. The molecule has 208 valence electrons. The van der Waals surface area contributed by atoms with Crippen LogP contribution in [0.25, 0.3) is 0 Å². The molecule has 2 amide bonds. The molecule has 3 aromatic carbocycles. The van der Waals surface area contributed by atoms with Gasteiger partial charge in [0, 0.05) is 34.5 Å². The number of rotatable bonds is 4. The molecule has 4 atom stereocenters. The fraction of sp³-hybridized carbons (Fsp3) is 0.176. The lowest BCUT2D eigenvalue weighted by Gasteiger charge is -2.42. The average Bonchev–Trinajstić information content (AvgIpc) is 3.25. The number of amides is 2. The van der Waals surface area contributed by atoms with Gasteiger partial charge in [-0.3, -0.25) is 24.1 Å². The molecular formula is C34H25BrN2O5. The lowest BCUT2D eigenvalue weighted by molar-refractivity contribution is -0.123. The normalized spacial score (nSPS) is 25.0. The molecule has 1 heterocycles. The number of hydrogen-bond donors (Lipinski definition) is 2. The Kier molecular flexibility index (Phi) is 6.31. The van der Waals surface area contributed by atoms with Gasteiger partial charge in [-0.25, -0.2) is 0 Å². The van der Waals surface area contributed by atoms with E-state index >= 15 is 0 Å². The molecule has 0 radical (unpaired) electrons. The topological polar surface area (TPSA) is 104 Å². The maximum Gasteiger partial charge on any atom is 0.238 e. The summed E-state index contributed by atoms with van der Waals surface area (Å²) in [5.41, 5.74) is 4.50. The number of phenolic OH excluding ortho intramolecular Hbond substituents is 1. The number of phenols is 1. The zero-order chi connectivity index (χ0) is 29.1. The Morgan fingerprint density at radius 2 is 1.57 bits per heavy atom. The van der Waals surface area contributed by atoms with E-state index in [9.17, 15) is 24.3 Å². The van der Waals surface area contributed by atoms with Crippen molar-refractivity contribution in [2.45, 2.75) is 18.8 Å². The van der Waals surface area contributed by atoms with Crippen LogP contribution in [0, 0.1) is 17.8 Å². The van der Waals surface area contributed by atoms with E-state index in [2.05, 4.69) is 21.2 Å². The molecule has 0 aromatic heterocycles. The maximum atomic E-state index is 14.1. The van der Waals surface area contributed by atoms with Crippen LogP contribution in [0.5, 0.6) is 5.75 Å². The number of hydrogen-bond acceptors (Lipinski definition) is 6. The third-order valence-electron chi connectivity index (χ3n) is 8.72. The smallest absolute Gasteiger partial charge is 0.238 e. The first-order chi connectivity index (χ1) is 20.3. The molecule has 0 bridgehead atoms. The summed E-state index contributed by atoms with van der Waals surface area (Å²) in [5.74, 6) is -3.34. The summed E-state index contributed by atoms with van der Waals surface area (Å²) >= 11 is 3.24. The van der Waals surface area contributed by atoms with Crippen LogP contribution < -0.4 is 10.2 Å². The van der Waals surface area contributed by atoms with Crippen LogP contribution in [0.2, 0.25) is 0 Å². The standard InChI is InChI=1S/C34H25BrN2O5/c35-27-17-28(39)31-26(32(27)40)16-25-23(29(31)18-5-4-8-22(38)15-18)13-14-24-30(25)34(42)37(33(24)41)21-11-9-20(10-12-21)36-19-6-2-1-3-7-19/h1-13,15,17,24-25,29-30,36,38H,14,16H2. The Balaban J connectivity index is 1.25. The summed E-state index contributed by atoms with van der Waals surface area (Å²) in [6.07, 6.45) is 3.81. The van der Waals surface area contributed by atoms with Crippen LogP contribution in [0.15, 0.2) is 112 Å². The molecule has 8 heteroatoms. The maximum absolute atomic E-state index is 14.1. The summed E-state index contributed by atoms with van der Waals surface area (Å²) in [6.45, 7) is 0. The van der Waals surface area contributed by atoms with Gasteiger partial charge in [0.15, 0.2) is 11.6 Å². The summed E-state index contributed by atoms with van der Waals surface area (Å²) in [5, 5.41) is 13.6. The Morgan fingerprint density at radius 1 is 0.833 bits per heavy atom.